The lowest BCUT2D eigenvalue weighted by Gasteiger charge is -2.22. The highest BCUT2D eigenvalue weighted by Gasteiger charge is 2.15. The van der Waals surface area contributed by atoms with Crippen molar-refractivity contribution in [1.82, 2.24) is 4.98 Å². The second-order valence-corrected chi connectivity index (χ2v) is 6.09. The Morgan fingerprint density at radius 3 is 2.58 bits per heavy atom. The number of aromatic amines is 1. The molecule has 1 heterocycles. The van der Waals surface area contributed by atoms with Crippen molar-refractivity contribution in [3.05, 3.63) is 23.9 Å². The van der Waals surface area contributed by atoms with Crippen molar-refractivity contribution < 1.29 is 4.74 Å². The van der Waals surface area contributed by atoms with Crippen molar-refractivity contribution in [3.8, 4) is 5.75 Å². The minimum atomic E-state index is -0.237. The lowest BCUT2D eigenvalue weighted by molar-refractivity contribution is 0.132. The van der Waals surface area contributed by atoms with Crippen LogP contribution in [0, 0.1) is 0 Å². The first-order chi connectivity index (χ1) is 8.89. The molecule has 0 amide bonds. The van der Waals surface area contributed by atoms with E-state index in [2.05, 4.69) is 18.0 Å². The monoisotopic (exact) mass is 260 g/mol. The van der Waals surface area contributed by atoms with E-state index >= 15 is 0 Å². The van der Waals surface area contributed by atoms with Crippen LogP contribution in [0.5, 0.6) is 5.75 Å². The van der Waals surface area contributed by atoms with E-state index in [9.17, 15) is 0 Å². The zero-order valence-corrected chi connectivity index (χ0v) is 12.3. The quantitative estimate of drug-likeness (QED) is 0.806. The second-order valence-electron chi connectivity index (χ2n) is 6.09. The molecule has 2 aromatic rings. The van der Waals surface area contributed by atoms with E-state index in [1.807, 2.05) is 32.9 Å². The number of nitrogens with one attached hydrogen (secondary N) is 1. The van der Waals surface area contributed by atoms with Crippen molar-refractivity contribution >= 4 is 16.6 Å². The molecular weight excluding hydrogens is 236 g/mol. The van der Waals surface area contributed by atoms with Gasteiger partial charge in [0.1, 0.15) is 11.4 Å². The summed E-state index contributed by atoms with van der Waals surface area (Å²) in [5, 5.41) is 1.16. The summed E-state index contributed by atoms with van der Waals surface area (Å²) in [6.45, 7) is 8.28. The van der Waals surface area contributed by atoms with Crippen molar-refractivity contribution in [3.63, 3.8) is 0 Å². The number of aryl methyl sites for hydroxylation is 1. The van der Waals surface area contributed by atoms with Crippen molar-refractivity contribution in [1.29, 1.82) is 0 Å². The van der Waals surface area contributed by atoms with Gasteiger partial charge in [-0.1, -0.05) is 13.3 Å². The minimum Gasteiger partial charge on any atom is -0.486 e. The topological polar surface area (TPSA) is 51.0 Å². The Labute approximate surface area is 115 Å². The van der Waals surface area contributed by atoms with E-state index < -0.39 is 0 Å². The van der Waals surface area contributed by atoms with Gasteiger partial charge in [-0.3, -0.25) is 0 Å². The number of benzene rings is 1. The van der Waals surface area contributed by atoms with Crippen LogP contribution in [0.4, 0.5) is 5.69 Å². The van der Waals surface area contributed by atoms with Crippen molar-refractivity contribution in [2.45, 2.75) is 52.6 Å². The van der Waals surface area contributed by atoms with Gasteiger partial charge in [0.05, 0.1) is 5.69 Å². The predicted molar refractivity (Wildman–Crippen MR) is 81.7 cm³/mol. The van der Waals surface area contributed by atoms with Crippen LogP contribution in [-0.2, 0) is 6.42 Å². The maximum absolute atomic E-state index is 6.06. The highest BCUT2D eigenvalue weighted by atomic mass is 16.5. The first kappa shape index (κ1) is 13.8. The molecular formula is C16H24N2O. The van der Waals surface area contributed by atoms with Crippen LogP contribution in [0.1, 0.15) is 46.2 Å². The maximum atomic E-state index is 6.06. The summed E-state index contributed by atoms with van der Waals surface area (Å²) in [7, 11) is 0. The molecule has 0 saturated heterocycles. The number of ether oxygens (including phenoxy) is 1. The van der Waals surface area contributed by atoms with Crippen molar-refractivity contribution in [2.24, 2.45) is 0 Å². The Morgan fingerprint density at radius 1 is 1.21 bits per heavy atom. The first-order valence-corrected chi connectivity index (χ1v) is 6.99. The molecule has 0 unspecified atom stereocenters. The van der Waals surface area contributed by atoms with Gasteiger partial charge in [0.2, 0.25) is 0 Å². The summed E-state index contributed by atoms with van der Waals surface area (Å²) in [5.41, 5.74) is 8.89. The molecule has 0 atom stereocenters. The van der Waals surface area contributed by atoms with Crippen LogP contribution in [0.2, 0.25) is 0 Å². The number of aromatic nitrogens is 1. The zero-order valence-electron chi connectivity index (χ0n) is 12.3. The van der Waals surface area contributed by atoms with Crippen LogP contribution in [0.25, 0.3) is 10.9 Å². The molecule has 3 nitrogen and oxygen atoms in total. The van der Waals surface area contributed by atoms with Crippen LogP contribution < -0.4 is 10.5 Å². The van der Waals surface area contributed by atoms with Gasteiger partial charge in [-0.05, 0) is 45.7 Å². The van der Waals surface area contributed by atoms with Gasteiger partial charge in [0.25, 0.3) is 0 Å². The molecule has 0 fully saturated rings. The van der Waals surface area contributed by atoms with E-state index in [0.717, 1.165) is 23.1 Å². The maximum Gasteiger partial charge on any atom is 0.145 e. The number of rotatable bonds is 4. The molecule has 3 N–H and O–H groups in total. The third-order valence-electron chi connectivity index (χ3n) is 3.02. The second kappa shape index (κ2) is 5.16. The molecule has 1 aromatic heterocycles. The SMILES string of the molecule is CCCCc1cc2cc(N)c(OC(C)(C)C)cc2[nH]1. The number of hydrogen-bond donors (Lipinski definition) is 2. The number of nitrogens with two attached hydrogens (primary N) is 1. The highest BCUT2D eigenvalue weighted by molar-refractivity contribution is 5.86. The molecule has 0 bridgehead atoms. The summed E-state index contributed by atoms with van der Waals surface area (Å²) < 4.78 is 5.89. The number of unbranched alkanes of at least 4 members (excludes halogenated alkanes) is 1. The third kappa shape index (κ3) is 3.43. The molecule has 0 spiro atoms. The fourth-order valence-electron chi connectivity index (χ4n) is 2.16. The van der Waals surface area contributed by atoms with Gasteiger partial charge in [-0.2, -0.15) is 0 Å². The number of H-pyrrole nitrogens is 1. The number of anilines is 1. The number of nitrogen functional groups attached to an aromatic ring is 1. The molecule has 3 heteroatoms. The van der Waals surface area contributed by atoms with Crippen LogP contribution in [0.15, 0.2) is 18.2 Å². The lowest BCUT2D eigenvalue weighted by Crippen LogP contribution is -2.23. The molecule has 0 saturated carbocycles. The fourth-order valence-corrected chi connectivity index (χ4v) is 2.16. The molecule has 19 heavy (non-hydrogen) atoms. The summed E-state index contributed by atoms with van der Waals surface area (Å²) in [5.74, 6) is 0.754. The van der Waals surface area contributed by atoms with Crippen LogP contribution >= 0.6 is 0 Å². The van der Waals surface area contributed by atoms with E-state index in [4.69, 9.17) is 10.5 Å². The standard InChI is InChI=1S/C16H24N2O/c1-5-6-7-12-8-11-9-13(17)15(10-14(11)18-12)19-16(2,3)4/h8-10,18H,5-7,17H2,1-4H3. The summed E-state index contributed by atoms with van der Waals surface area (Å²) >= 11 is 0. The molecule has 0 aliphatic carbocycles. The lowest BCUT2D eigenvalue weighted by atomic mass is 10.1. The predicted octanol–water partition coefficient (Wildman–Crippen LogP) is 4.27. The van der Waals surface area contributed by atoms with E-state index in [1.54, 1.807) is 0 Å². The average Bonchev–Trinajstić information content (AvgIpc) is 2.66. The molecule has 104 valence electrons. The normalized spacial score (nSPS) is 12.0. The summed E-state index contributed by atoms with van der Waals surface area (Å²) in [6.07, 6.45) is 3.49. The Balaban J connectivity index is 2.33. The average molecular weight is 260 g/mol. The molecule has 1 aromatic carbocycles. The Morgan fingerprint density at radius 2 is 1.95 bits per heavy atom. The van der Waals surface area contributed by atoms with Gasteiger partial charge < -0.3 is 15.5 Å². The van der Waals surface area contributed by atoms with E-state index in [1.165, 1.54) is 18.5 Å². The molecule has 0 aliphatic heterocycles. The summed E-state index contributed by atoms with van der Waals surface area (Å²) in [6, 6.07) is 6.18. The molecule has 0 radical (unpaired) electrons. The van der Waals surface area contributed by atoms with Gasteiger partial charge in [0, 0.05) is 22.7 Å². The smallest absolute Gasteiger partial charge is 0.145 e. The Kier molecular flexibility index (Phi) is 3.74. The Hall–Kier alpha value is -1.64. The summed E-state index contributed by atoms with van der Waals surface area (Å²) in [4.78, 5) is 3.45. The third-order valence-corrected chi connectivity index (χ3v) is 3.02. The minimum absolute atomic E-state index is 0.237. The Bertz CT molecular complexity index is 564. The van der Waals surface area contributed by atoms with Crippen LogP contribution in [0.3, 0.4) is 0 Å². The molecule has 0 aliphatic rings. The number of fused-ring (bicyclic) bond motifs is 1. The van der Waals surface area contributed by atoms with Gasteiger partial charge in [-0.15, -0.1) is 0 Å². The fraction of sp³-hybridized carbons (Fsp3) is 0.500. The highest BCUT2D eigenvalue weighted by Crippen LogP contribution is 2.31. The van der Waals surface area contributed by atoms with Gasteiger partial charge in [0.15, 0.2) is 0 Å². The van der Waals surface area contributed by atoms with Gasteiger partial charge >= 0.3 is 0 Å². The van der Waals surface area contributed by atoms with E-state index in [-0.39, 0.29) is 5.60 Å². The number of hydrogen-bond acceptors (Lipinski definition) is 2. The van der Waals surface area contributed by atoms with Gasteiger partial charge in [-0.25, -0.2) is 0 Å². The zero-order chi connectivity index (χ0) is 14.0. The van der Waals surface area contributed by atoms with Crippen LogP contribution in [-0.4, -0.2) is 10.6 Å². The van der Waals surface area contributed by atoms with E-state index in [0.29, 0.717) is 5.69 Å². The largest absolute Gasteiger partial charge is 0.486 e. The van der Waals surface area contributed by atoms with Crippen molar-refractivity contribution in [2.75, 3.05) is 5.73 Å². The molecule has 2 rings (SSSR count). The first-order valence-electron chi connectivity index (χ1n) is 6.99.